The minimum absolute atomic E-state index is 0.761. The molecule has 0 saturated heterocycles. The van der Waals surface area contributed by atoms with Crippen molar-refractivity contribution in [1.29, 1.82) is 0 Å². The smallest absolute Gasteiger partial charge is 0.0661 e. The highest BCUT2D eigenvalue weighted by Crippen LogP contribution is 2.28. The van der Waals surface area contributed by atoms with Crippen LogP contribution >= 0.6 is 23.4 Å². The van der Waals surface area contributed by atoms with E-state index in [0.29, 0.717) is 0 Å². The van der Waals surface area contributed by atoms with Crippen LogP contribution in [0.1, 0.15) is 16.7 Å². The molecule has 0 atom stereocenters. The molecule has 0 radical (unpaired) electrons. The van der Waals surface area contributed by atoms with Gasteiger partial charge < -0.3 is 0 Å². The number of aryl methyl sites for hydroxylation is 2. The molecule has 0 aliphatic rings. The maximum atomic E-state index is 5.92. The van der Waals surface area contributed by atoms with Crippen LogP contribution in [0.3, 0.4) is 0 Å². The summed E-state index contributed by atoms with van der Waals surface area (Å²) in [6, 6.07) is 22.6. The van der Waals surface area contributed by atoms with Crippen LogP contribution in [0.2, 0.25) is 5.02 Å². The summed E-state index contributed by atoms with van der Waals surface area (Å²) in [5.74, 6) is 0. The lowest BCUT2D eigenvalue weighted by Gasteiger charge is -2.03. The van der Waals surface area contributed by atoms with Crippen LogP contribution in [0.15, 0.2) is 81.5 Å². The summed E-state index contributed by atoms with van der Waals surface area (Å²) in [5.41, 5.74) is 4.53. The SMILES string of the molecule is Cc1ccc(C)c(N=Cc2ccc(Sc3ccc(Cl)cc3)cc2)c1. The molecular weight excluding hydrogens is 334 g/mol. The lowest BCUT2D eigenvalue weighted by Crippen LogP contribution is -1.83. The lowest BCUT2D eigenvalue weighted by atomic mass is 10.1. The lowest BCUT2D eigenvalue weighted by molar-refractivity contribution is 1.35. The predicted octanol–water partition coefficient (Wildman–Crippen LogP) is 6.86. The fourth-order valence-electron chi connectivity index (χ4n) is 2.26. The Morgan fingerprint density at radius 2 is 1.46 bits per heavy atom. The molecule has 0 aromatic heterocycles. The number of halogens is 1. The first kappa shape index (κ1) is 16.8. The van der Waals surface area contributed by atoms with Crippen LogP contribution in [0.4, 0.5) is 5.69 Å². The molecule has 0 spiro atoms. The van der Waals surface area contributed by atoms with E-state index in [1.807, 2.05) is 30.5 Å². The first-order chi connectivity index (χ1) is 11.6. The van der Waals surface area contributed by atoms with E-state index in [-0.39, 0.29) is 0 Å². The highest BCUT2D eigenvalue weighted by atomic mass is 35.5. The minimum Gasteiger partial charge on any atom is -0.256 e. The summed E-state index contributed by atoms with van der Waals surface area (Å²) >= 11 is 7.64. The molecule has 0 unspecified atom stereocenters. The van der Waals surface area contributed by atoms with E-state index in [4.69, 9.17) is 11.6 Å². The third-order valence-corrected chi connectivity index (χ3v) is 4.91. The molecule has 1 nitrogen and oxygen atoms in total. The van der Waals surface area contributed by atoms with Crippen molar-refractivity contribution in [2.75, 3.05) is 0 Å². The second-order valence-corrected chi connectivity index (χ2v) is 7.26. The highest BCUT2D eigenvalue weighted by Gasteiger charge is 1.99. The van der Waals surface area contributed by atoms with Gasteiger partial charge in [-0.15, -0.1) is 0 Å². The quantitative estimate of drug-likeness (QED) is 0.468. The largest absolute Gasteiger partial charge is 0.256 e. The first-order valence-electron chi connectivity index (χ1n) is 7.75. The molecule has 120 valence electrons. The van der Waals surface area contributed by atoms with Crippen molar-refractivity contribution in [3.8, 4) is 0 Å². The maximum Gasteiger partial charge on any atom is 0.0661 e. The van der Waals surface area contributed by atoms with Crippen LogP contribution in [0, 0.1) is 13.8 Å². The monoisotopic (exact) mass is 351 g/mol. The Balaban J connectivity index is 1.71. The zero-order chi connectivity index (χ0) is 16.9. The Labute approximate surface area is 152 Å². The van der Waals surface area contributed by atoms with E-state index in [1.165, 1.54) is 20.9 Å². The molecule has 0 amide bonds. The molecule has 0 heterocycles. The van der Waals surface area contributed by atoms with Gasteiger partial charge in [0.15, 0.2) is 0 Å². The molecule has 3 heteroatoms. The Kier molecular flexibility index (Phi) is 5.39. The van der Waals surface area contributed by atoms with E-state index in [2.05, 4.69) is 61.3 Å². The second kappa shape index (κ2) is 7.69. The summed E-state index contributed by atoms with van der Waals surface area (Å²) in [5, 5.41) is 0.761. The molecule has 0 fully saturated rings. The van der Waals surface area contributed by atoms with Crippen LogP contribution in [0.25, 0.3) is 0 Å². The van der Waals surface area contributed by atoms with Crippen molar-refractivity contribution in [3.05, 3.63) is 88.4 Å². The van der Waals surface area contributed by atoms with Gasteiger partial charge in [-0.25, -0.2) is 0 Å². The molecule has 0 aliphatic heterocycles. The van der Waals surface area contributed by atoms with E-state index >= 15 is 0 Å². The molecule has 0 bridgehead atoms. The fraction of sp³-hybridized carbons (Fsp3) is 0.0952. The second-order valence-electron chi connectivity index (χ2n) is 5.67. The number of aliphatic imine (C=N–C) groups is 1. The minimum atomic E-state index is 0.761. The summed E-state index contributed by atoms with van der Waals surface area (Å²) in [4.78, 5) is 6.99. The summed E-state index contributed by atoms with van der Waals surface area (Å²) in [6.07, 6.45) is 1.92. The number of benzene rings is 3. The number of hydrogen-bond donors (Lipinski definition) is 0. The predicted molar refractivity (Wildman–Crippen MR) is 105 cm³/mol. The number of hydrogen-bond acceptors (Lipinski definition) is 2. The zero-order valence-corrected chi connectivity index (χ0v) is 15.2. The van der Waals surface area contributed by atoms with Crippen molar-refractivity contribution in [3.63, 3.8) is 0 Å². The van der Waals surface area contributed by atoms with Gasteiger partial charge in [-0.2, -0.15) is 0 Å². The van der Waals surface area contributed by atoms with Gasteiger partial charge in [0.1, 0.15) is 0 Å². The van der Waals surface area contributed by atoms with Crippen molar-refractivity contribution in [2.24, 2.45) is 4.99 Å². The van der Waals surface area contributed by atoms with Gasteiger partial charge in [0.2, 0.25) is 0 Å². The van der Waals surface area contributed by atoms with Crippen LogP contribution < -0.4 is 0 Å². The first-order valence-corrected chi connectivity index (χ1v) is 8.94. The number of rotatable bonds is 4. The zero-order valence-electron chi connectivity index (χ0n) is 13.7. The Morgan fingerprint density at radius 3 is 2.12 bits per heavy atom. The summed E-state index contributed by atoms with van der Waals surface area (Å²) in [7, 11) is 0. The van der Waals surface area contributed by atoms with E-state index in [1.54, 1.807) is 11.8 Å². The highest BCUT2D eigenvalue weighted by molar-refractivity contribution is 7.99. The normalized spacial score (nSPS) is 11.1. The third kappa shape index (κ3) is 4.50. The fourth-order valence-corrected chi connectivity index (χ4v) is 3.21. The molecule has 0 saturated carbocycles. The maximum absolute atomic E-state index is 5.92. The van der Waals surface area contributed by atoms with Gasteiger partial charge in [0.25, 0.3) is 0 Å². The molecule has 3 aromatic carbocycles. The van der Waals surface area contributed by atoms with Crippen molar-refractivity contribution in [1.82, 2.24) is 0 Å². The molecular formula is C21H18ClNS. The molecule has 0 N–H and O–H groups in total. The van der Waals surface area contributed by atoms with Crippen molar-refractivity contribution < 1.29 is 0 Å². The standard InChI is InChI=1S/C21H18ClNS/c1-15-3-4-16(2)21(13-15)23-14-17-5-9-19(10-6-17)24-20-11-7-18(22)8-12-20/h3-14H,1-2H3. The van der Waals surface area contributed by atoms with Crippen LogP contribution in [0.5, 0.6) is 0 Å². The number of nitrogens with zero attached hydrogens (tertiary/aromatic N) is 1. The Hall–Kier alpha value is -2.03. The Bertz CT molecular complexity index is 852. The summed E-state index contributed by atoms with van der Waals surface area (Å²) in [6.45, 7) is 4.17. The van der Waals surface area contributed by atoms with Gasteiger partial charge in [0.05, 0.1) is 5.69 Å². The average molecular weight is 352 g/mol. The van der Waals surface area contributed by atoms with E-state index < -0.39 is 0 Å². The van der Waals surface area contributed by atoms with Gasteiger partial charge in [0, 0.05) is 21.0 Å². The van der Waals surface area contributed by atoms with Crippen LogP contribution in [-0.2, 0) is 0 Å². The van der Waals surface area contributed by atoms with Crippen molar-refractivity contribution >= 4 is 35.3 Å². The molecule has 24 heavy (non-hydrogen) atoms. The average Bonchev–Trinajstić information content (AvgIpc) is 2.59. The third-order valence-electron chi connectivity index (χ3n) is 3.65. The van der Waals surface area contributed by atoms with Crippen LogP contribution in [-0.4, -0.2) is 6.21 Å². The van der Waals surface area contributed by atoms with Crippen molar-refractivity contribution in [2.45, 2.75) is 23.6 Å². The molecule has 0 aliphatic carbocycles. The molecule has 3 rings (SSSR count). The van der Waals surface area contributed by atoms with E-state index in [0.717, 1.165) is 16.3 Å². The molecule has 3 aromatic rings. The van der Waals surface area contributed by atoms with Gasteiger partial charge >= 0.3 is 0 Å². The van der Waals surface area contributed by atoms with Gasteiger partial charge in [-0.1, -0.05) is 47.6 Å². The summed E-state index contributed by atoms with van der Waals surface area (Å²) < 4.78 is 0. The van der Waals surface area contributed by atoms with E-state index in [9.17, 15) is 0 Å². The topological polar surface area (TPSA) is 12.4 Å². The van der Waals surface area contributed by atoms with Gasteiger partial charge in [-0.3, -0.25) is 4.99 Å². The Morgan fingerprint density at radius 1 is 0.833 bits per heavy atom. The van der Waals surface area contributed by atoms with Gasteiger partial charge in [-0.05, 0) is 73.0 Å².